The Morgan fingerprint density at radius 2 is 2.37 bits per heavy atom. The quantitative estimate of drug-likeness (QED) is 0.939. The van der Waals surface area contributed by atoms with E-state index >= 15 is 0 Å². The molecule has 1 aromatic carbocycles. The summed E-state index contributed by atoms with van der Waals surface area (Å²) in [5.41, 5.74) is 0.285. The molecule has 2 rings (SSSR count). The van der Waals surface area contributed by atoms with E-state index < -0.39 is 5.82 Å². The van der Waals surface area contributed by atoms with E-state index in [0.717, 1.165) is 0 Å². The van der Waals surface area contributed by atoms with Crippen LogP contribution in [0.4, 0.5) is 4.39 Å². The summed E-state index contributed by atoms with van der Waals surface area (Å²) in [7, 11) is 0. The molecule has 4 nitrogen and oxygen atoms in total. The molecule has 1 atom stereocenters. The number of nitrogens with one attached hydrogen (secondary N) is 1. The van der Waals surface area contributed by atoms with Gasteiger partial charge in [0.05, 0.1) is 12.1 Å². The van der Waals surface area contributed by atoms with E-state index in [1.807, 2.05) is 19.2 Å². The number of halogens is 2. The van der Waals surface area contributed by atoms with Gasteiger partial charge in [0, 0.05) is 22.9 Å². The lowest BCUT2D eigenvalue weighted by Gasteiger charge is -2.14. The van der Waals surface area contributed by atoms with Crippen LogP contribution < -0.4 is 5.32 Å². The van der Waals surface area contributed by atoms with Crippen LogP contribution in [0.25, 0.3) is 0 Å². The summed E-state index contributed by atoms with van der Waals surface area (Å²) in [6, 6.07) is 5.73. The third-order valence-corrected chi connectivity index (χ3v) is 3.26. The van der Waals surface area contributed by atoms with Gasteiger partial charge in [-0.3, -0.25) is 9.48 Å². The van der Waals surface area contributed by atoms with Crippen molar-refractivity contribution in [2.75, 3.05) is 0 Å². The van der Waals surface area contributed by atoms with Gasteiger partial charge < -0.3 is 5.32 Å². The molecular weight excluding hydrogens is 313 g/mol. The zero-order valence-corrected chi connectivity index (χ0v) is 11.9. The third-order valence-electron chi connectivity index (χ3n) is 2.57. The van der Waals surface area contributed by atoms with E-state index in [4.69, 9.17) is 0 Å². The molecule has 0 radical (unpaired) electrons. The SMILES string of the molecule is CC(Cn1cccn1)NC(=O)c1cc(F)ccc1Br. The predicted molar refractivity (Wildman–Crippen MR) is 73.3 cm³/mol. The molecular formula is C13H13BrFN3O. The minimum atomic E-state index is -0.437. The Morgan fingerprint density at radius 3 is 3.05 bits per heavy atom. The molecule has 2 aromatic rings. The highest BCUT2D eigenvalue weighted by Crippen LogP contribution is 2.17. The van der Waals surface area contributed by atoms with E-state index in [0.29, 0.717) is 11.0 Å². The fourth-order valence-electron chi connectivity index (χ4n) is 1.71. The molecule has 0 saturated heterocycles. The Bertz CT molecular complexity index is 571. The second-order valence-corrected chi connectivity index (χ2v) is 5.08. The number of aromatic nitrogens is 2. The van der Waals surface area contributed by atoms with Gasteiger partial charge in [-0.2, -0.15) is 5.10 Å². The lowest BCUT2D eigenvalue weighted by molar-refractivity contribution is 0.0934. The van der Waals surface area contributed by atoms with Crippen molar-refractivity contribution in [3.63, 3.8) is 0 Å². The molecule has 0 aliphatic heterocycles. The number of nitrogens with zero attached hydrogens (tertiary/aromatic N) is 2. The number of benzene rings is 1. The number of amides is 1. The molecule has 19 heavy (non-hydrogen) atoms. The molecule has 6 heteroatoms. The predicted octanol–water partition coefficient (Wildman–Crippen LogP) is 2.60. The summed E-state index contributed by atoms with van der Waals surface area (Å²) in [6.45, 7) is 2.43. The van der Waals surface area contributed by atoms with Crippen LogP contribution in [0.1, 0.15) is 17.3 Å². The topological polar surface area (TPSA) is 46.9 Å². The average Bonchev–Trinajstić information content (AvgIpc) is 2.84. The van der Waals surface area contributed by atoms with Crippen LogP contribution in [0.2, 0.25) is 0 Å². The maximum atomic E-state index is 13.1. The number of hydrogen-bond acceptors (Lipinski definition) is 2. The Kier molecular flexibility index (Phi) is 4.31. The van der Waals surface area contributed by atoms with Crippen LogP contribution in [0, 0.1) is 5.82 Å². The fraction of sp³-hybridized carbons (Fsp3) is 0.231. The fourth-order valence-corrected chi connectivity index (χ4v) is 2.13. The Balaban J connectivity index is 2.02. The first-order chi connectivity index (χ1) is 9.06. The summed E-state index contributed by atoms with van der Waals surface area (Å²) >= 11 is 3.24. The van der Waals surface area contributed by atoms with Gasteiger partial charge in [0.25, 0.3) is 5.91 Å². The van der Waals surface area contributed by atoms with Crippen molar-refractivity contribution in [1.82, 2.24) is 15.1 Å². The number of hydrogen-bond donors (Lipinski definition) is 1. The van der Waals surface area contributed by atoms with Crippen LogP contribution >= 0.6 is 15.9 Å². The molecule has 0 fully saturated rings. The zero-order chi connectivity index (χ0) is 13.8. The lowest BCUT2D eigenvalue weighted by Crippen LogP contribution is -2.36. The highest BCUT2D eigenvalue weighted by Gasteiger charge is 2.14. The monoisotopic (exact) mass is 325 g/mol. The van der Waals surface area contributed by atoms with E-state index in [9.17, 15) is 9.18 Å². The average molecular weight is 326 g/mol. The standard InChI is InChI=1S/C13H13BrFN3O/c1-9(8-18-6-2-5-16-18)17-13(19)11-7-10(15)3-4-12(11)14/h2-7,9H,8H2,1H3,(H,17,19). The maximum absolute atomic E-state index is 13.1. The molecule has 1 unspecified atom stereocenters. The second kappa shape index (κ2) is 5.97. The Hall–Kier alpha value is -1.69. The second-order valence-electron chi connectivity index (χ2n) is 4.23. The van der Waals surface area contributed by atoms with Crippen molar-refractivity contribution in [3.05, 3.63) is 52.5 Å². The molecule has 1 amide bonds. The van der Waals surface area contributed by atoms with Gasteiger partial charge in [-0.25, -0.2) is 4.39 Å². The molecule has 1 heterocycles. The first kappa shape index (κ1) is 13.7. The number of carbonyl (C=O) groups excluding carboxylic acids is 1. The van der Waals surface area contributed by atoms with Gasteiger partial charge >= 0.3 is 0 Å². The van der Waals surface area contributed by atoms with E-state index in [-0.39, 0.29) is 17.5 Å². The molecule has 0 spiro atoms. The minimum Gasteiger partial charge on any atom is -0.348 e. The van der Waals surface area contributed by atoms with Gasteiger partial charge in [-0.15, -0.1) is 0 Å². The van der Waals surface area contributed by atoms with Gasteiger partial charge in [0.15, 0.2) is 0 Å². The van der Waals surface area contributed by atoms with Crippen molar-refractivity contribution in [1.29, 1.82) is 0 Å². The van der Waals surface area contributed by atoms with Crippen LogP contribution in [0.15, 0.2) is 41.1 Å². The molecule has 0 saturated carbocycles. The Morgan fingerprint density at radius 1 is 1.58 bits per heavy atom. The highest BCUT2D eigenvalue weighted by atomic mass is 79.9. The summed E-state index contributed by atoms with van der Waals surface area (Å²) in [5, 5.41) is 6.87. The van der Waals surface area contributed by atoms with Crippen LogP contribution in [-0.2, 0) is 6.54 Å². The first-order valence-electron chi connectivity index (χ1n) is 5.79. The minimum absolute atomic E-state index is 0.109. The van der Waals surface area contributed by atoms with E-state index in [1.54, 1.807) is 10.9 Å². The van der Waals surface area contributed by atoms with Crippen molar-refractivity contribution >= 4 is 21.8 Å². The lowest BCUT2D eigenvalue weighted by atomic mass is 10.2. The zero-order valence-electron chi connectivity index (χ0n) is 10.3. The van der Waals surface area contributed by atoms with Crippen LogP contribution in [0.3, 0.4) is 0 Å². The van der Waals surface area contributed by atoms with Crippen molar-refractivity contribution < 1.29 is 9.18 Å². The summed E-state index contributed by atoms with van der Waals surface area (Å²) in [6.07, 6.45) is 3.50. The normalized spacial score (nSPS) is 12.2. The molecule has 0 aliphatic rings. The summed E-state index contributed by atoms with van der Waals surface area (Å²) < 4.78 is 15.4. The van der Waals surface area contributed by atoms with Crippen LogP contribution in [-0.4, -0.2) is 21.7 Å². The van der Waals surface area contributed by atoms with Gasteiger partial charge in [0.2, 0.25) is 0 Å². The largest absolute Gasteiger partial charge is 0.348 e. The van der Waals surface area contributed by atoms with Crippen molar-refractivity contribution in [2.24, 2.45) is 0 Å². The first-order valence-corrected chi connectivity index (χ1v) is 6.59. The van der Waals surface area contributed by atoms with Gasteiger partial charge in [-0.1, -0.05) is 0 Å². The molecule has 0 bridgehead atoms. The van der Waals surface area contributed by atoms with E-state index in [2.05, 4.69) is 26.3 Å². The molecule has 100 valence electrons. The van der Waals surface area contributed by atoms with Crippen molar-refractivity contribution in [3.8, 4) is 0 Å². The van der Waals surface area contributed by atoms with Gasteiger partial charge in [-0.05, 0) is 47.1 Å². The number of carbonyl (C=O) groups is 1. The highest BCUT2D eigenvalue weighted by molar-refractivity contribution is 9.10. The summed E-state index contributed by atoms with van der Waals surface area (Å²) in [5.74, 6) is -0.751. The van der Waals surface area contributed by atoms with Crippen LogP contribution in [0.5, 0.6) is 0 Å². The smallest absolute Gasteiger partial charge is 0.252 e. The summed E-state index contributed by atoms with van der Waals surface area (Å²) in [4.78, 5) is 12.0. The Labute approximate surface area is 118 Å². The van der Waals surface area contributed by atoms with Gasteiger partial charge in [0.1, 0.15) is 5.82 Å². The molecule has 0 aliphatic carbocycles. The molecule has 1 N–H and O–H groups in total. The molecule has 1 aromatic heterocycles. The number of rotatable bonds is 4. The van der Waals surface area contributed by atoms with Crippen molar-refractivity contribution in [2.45, 2.75) is 19.5 Å². The maximum Gasteiger partial charge on any atom is 0.252 e. The third kappa shape index (κ3) is 3.64. The van der Waals surface area contributed by atoms with E-state index in [1.165, 1.54) is 18.2 Å².